The predicted molar refractivity (Wildman–Crippen MR) is 88.8 cm³/mol. The molecule has 2 aromatic carbocycles. The number of nitro groups is 1. The van der Waals surface area contributed by atoms with Crippen LogP contribution in [0.2, 0.25) is 0 Å². The van der Waals surface area contributed by atoms with Gasteiger partial charge in [-0.1, -0.05) is 36.4 Å². The predicted octanol–water partition coefficient (Wildman–Crippen LogP) is 3.46. The van der Waals surface area contributed by atoms with E-state index in [1.807, 2.05) is 18.2 Å². The third kappa shape index (κ3) is 3.68. The number of likely N-dealkylation sites (N-methyl/N-ethyl adjacent to an activating group) is 1. The molecule has 3 rings (SSSR count). The maximum atomic E-state index is 10.9. The third-order valence-electron chi connectivity index (χ3n) is 4.30. The zero-order chi connectivity index (χ0) is 16.2. The number of benzene rings is 2. The van der Waals surface area contributed by atoms with Crippen molar-refractivity contribution >= 4 is 5.69 Å². The second-order valence-electron chi connectivity index (χ2n) is 5.98. The van der Waals surface area contributed by atoms with Gasteiger partial charge in [0.25, 0.3) is 5.69 Å². The van der Waals surface area contributed by atoms with Crippen molar-refractivity contribution < 1.29 is 9.66 Å². The smallest absolute Gasteiger partial charge is 0.273 e. The number of rotatable bonds is 4. The van der Waals surface area contributed by atoms with Gasteiger partial charge in [0.2, 0.25) is 0 Å². The van der Waals surface area contributed by atoms with Crippen LogP contribution in [0.1, 0.15) is 17.9 Å². The van der Waals surface area contributed by atoms with E-state index in [2.05, 4.69) is 24.1 Å². The van der Waals surface area contributed by atoms with E-state index in [4.69, 9.17) is 4.74 Å². The first-order valence-electron chi connectivity index (χ1n) is 7.78. The lowest BCUT2D eigenvalue weighted by atomic mass is 9.88. The minimum atomic E-state index is -0.393. The van der Waals surface area contributed by atoms with Gasteiger partial charge >= 0.3 is 0 Å². The van der Waals surface area contributed by atoms with Gasteiger partial charge in [-0.15, -0.1) is 0 Å². The van der Waals surface area contributed by atoms with E-state index in [1.54, 1.807) is 12.1 Å². The molecule has 0 spiro atoms. The topological polar surface area (TPSA) is 55.6 Å². The van der Waals surface area contributed by atoms with Crippen LogP contribution in [0.3, 0.4) is 0 Å². The van der Waals surface area contributed by atoms with Crippen molar-refractivity contribution in [2.24, 2.45) is 0 Å². The van der Waals surface area contributed by atoms with Crippen LogP contribution in [-0.4, -0.2) is 36.1 Å². The molecular weight excluding hydrogens is 292 g/mol. The number of piperidine rings is 1. The van der Waals surface area contributed by atoms with Gasteiger partial charge in [0.15, 0.2) is 0 Å². The normalized spacial score (nSPS) is 21.8. The summed E-state index contributed by atoms with van der Waals surface area (Å²) in [6.45, 7) is 1.88. The average Bonchev–Trinajstić information content (AvgIpc) is 2.57. The van der Waals surface area contributed by atoms with Crippen LogP contribution in [0.15, 0.2) is 54.6 Å². The Hall–Kier alpha value is -2.40. The van der Waals surface area contributed by atoms with Crippen molar-refractivity contribution in [1.82, 2.24) is 4.90 Å². The van der Waals surface area contributed by atoms with Gasteiger partial charge in [-0.25, -0.2) is 0 Å². The Morgan fingerprint density at radius 2 is 1.96 bits per heavy atom. The van der Waals surface area contributed by atoms with Gasteiger partial charge in [-0.2, -0.15) is 0 Å². The van der Waals surface area contributed by atoms with E-state index < -0.39 is 4.92 Å². The maximum Gasteiger partial charge on any atom is 0.273 e. The molecule has 0 aromatic heterocycles. The van der Waals surface area contributed by atoms with Crippen LogP contribution in [0, 0.1) is 10.1 Å². The number of non-ortho nitro benzene ring substituents is 1. The fourth-order valence-corrected chi connectivity index (χ4v) is 3.10. The monoisotopic (exact) mass is 312 g/mol. The fraction of sp³-hybridized carbons (Fsp3) is 0.333. The lowest BCUT2D eigenvalue weighted by molar-refractivity contribution is -0.385. The molecule has 1 aliphatic heterocycles. The van der Waals surface area contributed by atoms with Crippen LogP contribution in [0.25, 0.3) is 0 Å². The summed E-state index contributed by atoms with van der Waals surface area (Å²) in [6, 6.07) is 16.8. The largest absolute Gasteiger partial charge is 0.489 e. The second kappa shape index (κ2) is 6.79. The Bertz CT molecular complexity index is 675. The number of nitrogens with zero attached hydrogens (tertiary/aromatic N) is 2. The molecule has 0 amide bonds. The first kappa shape index (κ1) is 15.5. The summed E-state index contributed by atoms with van der Waals surface area (Å²) in [5.74, 6) is 0.823. The number of nitro benzene ring substituents is 1. The van der Waals surface area contributed by atoms with Crippen molar-refractivity contribution in [3.8, 4) is 5.75 Å². The summed E-state index contributed by atoms with van der Waals surface area (Å²) in [4.78, 5) is 12.8. The minimum Gasteiger partial charge on any atom is -0.489 e. The average molecular weight is 312 g/mol. The van der Waals surface area contributed by atoms with Crippen LogP contribution in [0.4, 0.5) is 5.69 Å². The van der Waals surface area contributed by atoms with Crippen LogP contribution < -0.4 is 4.74 Å². The lowest BCUT2D eigenvalue weighted by Crippen LogP contribution is -2.42. The zero-order valence-electron chi connectivity index (χ0n) is 13.1. The second-order valence-corrected chi connectivity index (χ2v) is 5.98. The quantitative estimate of drug-likeness (QED) is 0.641. The molecule has 0 unspecified atom stereocenters. The molecule has 2 aromatic rings. The summed E-state index contributed by atoms with van der Waals surface area (Å²) in [5.41, 5.74) is 1.31. The Labute approximate surface area is 135 Å². The number of hydrogen-bond acceptors (Lipinski definition) is 4. The van der Waals surface area contributed by atoms with Crippen LogP contribution in [0.5, 0.6) is 5.75 Å². The van der Waals surface area contributed by atoms with Gasteiger partial charge in [0.05, 0.1) is 11.0 Å². The third-order valence-corrected chi connectivity index (χ3v) is 4.30. The SMILES string of the molecule is CN1CC[C@@H](Oc2cccc([N+](=O)[O-])c2)[C@H](c2ccccc2)C1. The first-order chi connectivity index (χ1) is 11.1. The Kier molecular flexibility index (Phi) is 4.57. The highest BCUT2D eigenvalue weighted by Gasteiger charge is 2.30. The summed E-state index contributed by atoms with van der Waals surface area (Å²) in [6.07, 6.45) is 0.925. The zero-order valence-corrected chi connectivity index (χ0v) is 13.1. The number of likely N-dealkylation sites (tertiary alicyclic amines) is 1. The van der Waals surface area contributed by atoms with E-state index in [0.717, 1.165) is 19.5 Å². The van der Waals surface area contributed by atoms with Crippen molar-refractivity contribution in [3.63, 3.8) is 0 Å². The van der Waals surface area contributed by atoms with E-state index in [-0.39, 0.29) is 17.7 Å². The highest BCUT2D eigenvalue weighted by atomic mass is 16.6. The van der Waals surface area contributed by atoms with Gasteiger partial charge in [-0.3, -0.25) is 10.1 Å². The summed E-state index contributed by atoms with van der Waals surface area (Å²) in [5, 5.41) is 10.9. The van der Waals surface area contributed by atoms with Crippen molar-refractivity contribution in [2.45, 2.75) is 18.4 Å². The lowest BCUT2D eigenvalue weighted by Gasteiger charge is -2.37. The molecule has 0 aliphatic carbocycles. The molecule has 0 bridgehead atoms. The van der Waals surface area contributed by atoms with Crippen LogP contribution in [-0.2, 0) is 0 Å². The molecule has 23 heavy (non-hydrogen) atoms. The first-order valence-corrected chi connectivity index (χ1v) is 7.78. The Balaban J connectivity index is 1.82. The van der Waals surface area contributed by atoms with E-state index in [9.17, 15) is 10.1 Å². The summed E-state index contributed by atoms with van der Waals surface area (Å²) >= 11 is 0. The number of hydrogen-bond donors (Lipinski definition) is 0. The molecule has 0 N–H and O–H groups in total. The van der Waals surface area contributed by atoms with Crippen LogP contribution >= 0.6 is 0 Å². The van der Waals surface area contributed by atoms with Crippen molar-refractivity contribution in [2.75, 3.05) is 20.1 Å². The molecule has 0 saturated carbocycles. The van der Waals surface area contributed by atoms with Gasteiger partial charge in [0.1, 0.15) is 11.9 Å². The fourth-order valence-electron chi connectivity index (χ4n) is 3.10. The Morgan fingerprint density at radius 1 is 1.17 bits per heavy atom. The van der Waals surface area contributed by atoms with E-state index in [0.29, 0.717) is 5.75 Å². The van der Waals surface area contributed by atoms with E-state index in [1.165, 1.54) is 17.7 Å². The van der Waals surface area contributed by atoms with Gasteiger partial charge in [0, 0.05) is 25.1 Å². The molecule has 5 nitrogen and oxygen atoms in total. The van der Waals surface area contributed by atoms with Crippen molar-refractivity contribution in [1.29, 1.82) is 0 Å². The molecule has 1 heterocycles. The van der Waals surface area contributed by atoms with E-state index >= 15 is 0 Å². The maximum absolute atomic E-state index is 10.9. The number of ether oxygens (including phenoxy) is 1. The highest BCUT2D eigenvalue weighted by Crippen LogP contribution is 2.31. The Morgan fingerprint density at radius 3 is 2.70 bits per heavy atom. The van der Waals surface area contributed by atoms with Gasteiger partial charge in [-0.05, 0) is 25.1 Å². The molecule has 5 heteroatoms. The molecular formula is C18H20N2O3. The van der Waals surface area contributed by atoms with Gasteiger partial charge < -0.3 is 9.64 Å². The summed E-state index contributed by atoms with van der Waals surface area (Å²) in [7, 11) is 2.11. The molecule has 120 valence electrons. The molecule has 1 fully saturated rings. The summed E-state index contributed by atoms with van der Waals surface area (Å²) < 4.78 is 6.13. The molecule has 1 aliphatic rings. The minimum absolute atomic E-state index is 0.0237. The highest BCUT2D eigenvalue weighted by molar-refractivity contribution is 5.38. The standard InChI is InChI=1S/C18H20N2O3/c1-19-11-10-18(17(13-19)14-6-3-2-4-7-14)23-16-9-5-8-15(12-16)20(21)22/h2-9,12,17-18H,10-11,13H2,1H3/t17-,18+/m0/s1. The molecule has 2 atom stereocenters. The molecule has 0 radical (unpaired) electrons. The van der Waals surface area contributed by atoms with Crippen molar-refractivity contribution in [3.05, 3.63) is 70.3 Å². The molecule has 1 saturated heterocycles.